The number of aliphatic imine (C=N–C) groups is 1. The Morgan fingerprint density at radius 3 is 2.77 bits per heavy atom. The van der Waals surface area contributed by atoms with Crippen LogP contribution in [-0.4, -0.2) is 55.6 Å². The van der Waals surface area contributed by atoms with Gasteiger partial charge in [-0.05, 0) is 32.4 Å². The van der Waals surface area contributed by atoms with E-state index in [0.29, 0.717) is 44.4 Å². The van der Waals surface area contributed by atoms with Gasteiger partial charge in [-0.1, -0.05) is 0 Å². The molecule has 1 unspecified atom stereocenters. The van der Waals surface area contributed by atoms with Crippen LogP contribution in [0.15, 0.2) is 23.2 Å². The van der Waals surface area contributed by atoms with Crippen molar-refractivity contribution in [3.05, 3.63) is 46.8 Å². The number of benzene rings is 1. The largest absolute Gasteiger partial charge is 0.383 e. The summed E-state index contributed by atoms with van der Waals surface area (Å²) in [4.78, 5) is 6.24. The lowest BCUT2D eigenvalue weighted by Gasteiger charge is -2.21. The van der Waals surface area contributed by atoms with Gasteiger partial charge in [0.2, 0.25) is 0 Å². The first kappa shape index (κ1) is 25.3. The summed E-state index contributed by atoms with van der Waals surface area (Å²) in [6.45, 7) is 7.30. The van der Waals surface area contributed by atoms with E-state index in [1.54, 1.807) is 14.2 Å². The molecule has 1 saturated heterocycles. The van der Waals surface area contributed by atoms with Gasteiger partial charge in [-0.15, -0.1) is 24.0 Å². The van der Waals surface area contributed by atoms with Gasteiger partial charge in [0.15, 0.2) is 5.96 Å². The Hall–Kier alpha value is -1.95. The first-order chi connectivity index (χ1) is 14.4. The number of nitrogens with one attached hydrogen (secondary N) is 2. The van der Waals surface area contributed by atoms with Crippen LogP contribution < -0.4 is 15.5 Å². The minimum Gasteiger partial charge on any atom is -0.383 e. The molecule has 0 saturated carbocycles. The molecule has 2 aromatic rings. The van der Waals surface area contributed by atoms with Crippen LogP contribution >= 0.6 is 24.0 Å². The summed E-state index contributed by atoms with van der Waals surface area (Å²) in [5.41, 5.74) is 3.64. The second kappa shape index (κ2) is 11.6. The Morgan fingerprint density at radius 2 is 2.10 bits per heavy atom. The molecule has 3 rings (SSSR count). The van der Waals surface area contributed by atoms with Gasteiger partial charge in [0.05, 0.1) is 24.5 Å². The predicted molar refractivity (Wildman–Crippen MR) is 129 cm³/mol. The first-order valence-electron chi connectivity index (χ1n) is 10.1. The van der Waals surface area contributed by atoms with Gasteiger partial charge in [-0.3, -0.25) is 9.67 Å². The SMILES string of the molecule is CN=C(NCc1c(C)nn(CCOC)c1C)NC1CCN(c2ccc(F)cc2F)C1.I. The average molecular weight is 548 g/mol. The molecule has 7 nitrogen and oxygen atoms in total. The van der Waals surface area contributed by atoms with Crippen LogP contribution in [0.3, 0.4) is 0 Å². The molecule has 2 N–H and O–H groups in total. The Kier molecular flexibility index (Phi) is 9.48. The van der Waals surface area contributed by atoms with E-state index in [-0.39, 0.29) is 30.0 Å². The molecule has 0 radical (unpaired) electrons. The van der Waals surface area contributed by atoms with Crippen LogP contribution in [0.4, 0.5) is 14.5 Å². The molecule has 172 valence electrons. The molecule has 0 amide bonds. The molecule has 1 aromatic heterocycles. The van der Waals surface area contributed by atoms with Crippen LogP contribution in [0.2, 0.25) is 0 Å². The second-order valence-corrected chi connectivity index (χ2v) is 7.46. The van der Waals surface area contributed by atoms with Crippen molar-refractivity contribution in [2.75, 3.05) is 38.8 Å². The Morgan fingerprint density at radius 1 is 1.32 bits per heavy atom. The smallest absolute Gasteiger partial charge is 0.191 e. The lowest BCUT2D eigenvalue weighted by Crippen LogP contribution is -2.44. The number of hydrogen-bond donors (Lipinski definition) is 2. The quantitative estimate of drug-likeness (QED) is 0.317. The van der Waals surface area contributed by atoms with Crippen molar-refractivity contribution in [3.63, 3.8) is 0 Å². The van der Waals surface area contributed by atoms with Crippen LogP contribution in [0.25, 0.3) is 0 Å². The van der Waals surface area contributed by atoms with E-state index < -0.39 is 11.6 Å². The van der Waals surface area contributed by atoms with Crippen molar-refractivity contribution < 1.29 is 13.5 Å². The number of ether oxygens (including phenoxy) is 1. The van der Waals surface area contributed by atoms with Crippen molar-refractivity contribution in [2.45, 2.75) is 39.4 Å². The maximum atomic E-state index is 14.1. The van der Waals surface area contributed by atoms with Gasteiger partial charge < -0.3 is 20.3 Å². The van der Waals surface area contributed by atoms with Crippen molar-refractivity contribution in [1.82, 2.24) is 20.4 Å². The van der Waals surface area contributed by atoms with E-state index in [2.05, 4.69) is 27.6 Å². The Balaban J connectivity index is 0.00000341. The molecular formula is C21H31F2IN6O. The number of rotatable bonds is 7. The van der Waals surface area contributed by atoms with Gasteiger partial charge in [-0.2, -0.15) is 5.10 Å². The van der Waals surface area contributed by atoms with Crippen molar-refractivity contribution in [1.29, 1.82) is 0 Å². The van der Waals surface area contributed by atoms with E-state index in [0.717, 1.165) is 29.4 Å². The fourth-order valence-electron chi connectivity index (χ4n) is 3.78. The molecule has 0 bridgehead atoms. The molecule has 0 aliphatic carbocycles. The zero-order chi connectivity index (χ0) is 21.7. The number of nitrogens with zero attached hydrogens (tertiary/aromatic N) is 4. The third-order valence-corrected chi connectivity index (χ3v) is 5.47. The summed E-state index contributed by atoms with van der Waals surface area (Å²) in [6.07, 6.45) is 0.838. The molecule has 1 aromatic carbocycles. The van der Waals surface area contributed by atoms with Crippen LogP contribution in [0.5, 0.6) is 0 Å². The average Bonchev–Trinajstić information content (AvgIpc) is 3.28. The molecular weight excluding hydrogens is 517 g/mol. The number of methoxy groups -OCH3 is 1. The maximum absolute atomic E-state index is 14.1. The molecule has 31 heavy (non-hydrogen) atoms. The van der Waals surface area contributed by atoms with Crippen molar-refractivity contribution in [3.8, 4) is 0 Å². The fraction of sp³-hybridized carbons (Fsp3) is 0.524. The van der Waals surface area contributed by atoms with E-state index in [4.69, 9.17) is 4.74 Å². The van der Waals surface area contributed by atoms with E-state index in [1.165, 1.54) is 12.1 Å². The number of halogens is 3. The van der Waals surface area contributed by atoms with E-state index in [9.17, 15) is 8.78 Å². The highest BCUT2D eigenvalue weighted by Crippen LogP contribution is 2.24. The maximum Gasteiger partial charge on any atom is 0.191 e. The van der Waals surface area contributed by atoms with Crippen LogP contribution in [-0.2, 0) is 17.8 Å². The van der Waals surface area contributed by atoms with Crippen LogP contribution in [0.1, 0.15) is 23.4 Å². The molecule has 1 aliphatic rings. The summed E-state index contributed by atoms with van der Waals surface area (Å²) in [6, 6.07) is 3.82. The number of hydrogen-bond acceptors (Lipinski definition) is 4. The van der Waals surface area contributed by atoms with Gasteiger partial charge in [0, 0.05) is 57.2 Å². The molecule has 10 heteroatoms. The minimum absolute atomic E-state index is 0. The number of guanidine groups is 1. The summed E-state index contributed by atoms with van der Waals surface area (Å²) >= 11 is 0. The summed E-state index contributed by atoms with van der Waals surface area (Å²) < 4.78 is 34.3. The Labute approximate surface area is 199 Å². The predicted octanol–water partition coefficient (Wildman–Crippen LogP) is 2.99. The summed E-state index contributed by atoms with van der Waals surface area (Å²) in [5, 5.41) is 11.3. The standard InChI is InChI=1S/C21H30F2N6O.HI/c1-14-18(15(2)29(27-14)9-10-30-4)12-25-21(24-3)26-17-7-8-28(13-17)20-6-5-16(22)11-19(20)23;/h5-6,11,17H,7-10,12-13H2,1-4H3,(H2,24,25,26);1H. The monoisotopic (exact) mass is 548 g/mol. The highest BCUT2D eigenvalue weighted by molar-refractivity contribution is 14.0. The fourth-order valence-corrected chi connectivity index (χ4v) is 3.78. The topological polar surface area (TPSA) is 66.7 Å². The van der Waals surface area contributed by atoms with E-state index >= 15 is 0 Å². The highest BCUT2D eigenvalue weighted by Gasteiger charge is 2.25. The van der Waals surface area contributed by atoms with Gasteiger partial charge in [-0.25, -0.2) is 8.78 Å². The summed E-state index contributed by atoms with van der Waals surface area (Å²) in [5.74, 6) is -0.412. The molecule has 0 spiro atoms. The van der Waals surface area contributed by atoms with Crippen molar-refractivity contribution in [2.24, 2.45) is 4.99 Å². The zero-order valence-electron chi connectivity index (χ0n) is 18.4. The van der Waals surface area contributed by atoms with Gasteiger partial charge in [0.1, 0.15) is 11.6 Å². The van der Waals surface area contributed by atoms with E-state index in [1.807, 2.05) is 16.5 Å². The van der Waals surface area contributed by atoms with Gasteiger partial charge in [0.25, 0.3) is 0 Å². The molecule has 1 fully saturated rings. The van der Waals surface area contributed by atoms with Crippen LogP contribution in [0, 0.1) is 25.5 Å². The minimum atomic E-state index is -0.564. The number of anilines is 1. The lowest BCUT2D eigenvalue weighted by atomic mass is 10.2. The molecule has 1 atom stereocenters. The zero-order valence-corrected chi connectivity index (χ0v) is 20.7. The molecule has 1 aliphatic heterocycles. The first-order valence-corrected chi connectivity index (χ1v) is 10.1. The van der Waals surface area contributed by atoms with Gasteiger partial charge >= 0.3 is 0 Å². The van der Waals surface area contributed by atoms with Crippen molar-refractivity contribution >= 4 is 35.6 Å². The highest BCUT2D eigenvalue weighted by atomic mass is 127. The number of aromatic nitrogens is 2. The lowest BCUT2D eigenvalue weighted by molar-refractivity contribution is 0.182. The Bertz CT molecular complexity index is 904. The third-order valence-electron chi connectivity index (χ3n) is 5.47. The summed E-state index contributed by atoms with van der Waals surface area (Å²) in [7, 11) is 3.40. The molecule has 2 heterocycles. The normalized spacial score (nSPS) is 16.4. The third kappa shape index (κ3) is 6.28. The second-order valence-electron chi connectivity index (χ2n) is 7.46. The number of aryl methyl sites for hydroxylation is 1.